The summed E-state index contributed by atoms with van der Waals surface area (Å²) in [6.45, 7) is 2.23. The Balaban J connectivity index is 1.92. The van der Waals surface area contributed by atoms with Gasteiger partial charge in [0.1, 0.15) is 11.7 Å². The molecule has 29 heavy (non-hydrogen) atoms. The Hall–Kier alpha value is -0.970. The number of aliphatic hydroxyl groups is 3. The number of hydrogen-bond donors (Lipinski definition) is 3. The van der Waals surface area contributed by atoms with Crippen molar-refractivity contribution in [2.24, 2.45) is 0 Å². The predicted molar refractivity (Wildman–Crippen MR) is 120 cm³/mol. The Morgan fingerprint density at radius 2 is 1.55 bits per heavy atom. The van der Waals surface area contributed by atoms with Gasteiger partial charge in [-0.25, -0.2) is 0 Å². The molecule has 0 saturated heterocycles. The van der Waals surface area contributed by atoms with Gasteiger partial charge in [0.2, 0.25) is 0 Å². The van der Waals surface area contributed by atoms with Crippen molar-refractivity contribution in [2.45, 2.75) is 127 Å². The van der Waals surface area contributed by atoms with Crippen LogP contribution in [0.4, 0.5) is 0 Å². The van der Waals surface area contributed by atoms with E-state index in [1.54, 1.807) is 0 Å². The first-order chi connectivity index (χ1) is 14.0. The standard InChI is InChI=1S/C25H44O4/c1-2-3-4-5-6-7-8-9-10-11-12-13-14-15-16-17-22(26)20-25(29)21-23(27)18-19-24(25)28/h5-6,18-19,22,24,26,28-29H,2-4,7-17,20-21H2,1H3/b6-5-/t22-,24+,25-/m0/s1. The molecule has 0 aromatic carbocycles. The largest absolute Gasteiger partial charge is 0.393 e. The maximum absolute atomic E-state index is 11.5. The molecule has 3 atom stereocenters. The van der Waals surface area contributed by atoms with E-state index in [9.17, 15) is 20.1 Å². The van der Waals surface area contributed by atoms with Gasteiger partial charge in [-0.2, -0.15) is 0 Å². The maximum Gasteiger partial charge on any atom is 0.158 e. The van der Waals surface area contributed by atoms with Gasteiger partial charge in [0.15, 0.2) is 5.78 Å². The zero-order chi connectivity index (χ0) is 21.4. The number of allylic oxidation sites excluding steroid dienone is 3. The molecular weight excluding hydrogens is 364 g/mol. The minimum Gasteiger partial charge on any atom is -0.393 e. The lowest BCUT2D eigenvalue weighted by Gasteiger charge is -2.34. The van der Waals surface area contributed by atoms with Crippen molar-refractivity contribution >= 4 is 5.78 Å². The molecule has 0 amide bonds. The van der Waals surface area contributed by atoms with E-state index >= 15 is 0 Å². The van der Waals surface area contributed by atoms with Crippen LogP contribution >= 0.6 is 0 Å². The quantitative estimate of drug-likeness (QED) is 0.222. The number of carbonyl (C=O) groups is 1. The number of rotatable bonds is 17. The first kappa shape index (κ1) is 26.1. The third-order valence-electron chi connectivity index (χ3n) is 5.88. The molecule has 0 heterocycles. The molecule has 0 aromatic heterocycles. The molecule has 1 aliphatic rings. The molecule has 0 aliphatic heterocycles. The Kier molecular flexibility index (Phi) is 14.2. The van der Waals surface area contributed by atoms with Crippen molar-refractivity contribution in [1.29, 1.82) is 0 Å². The second kappa shape index (κ2) is 15.8. The summed E-state index contributed by atoms with van der Waals surface area (Å²) in [6, 6.07) is 0. The Morgan fingerprint density at radius 3 is 2.17 bits per heavy atom. The van der Waals surface area contributed by atoms with Gasteiger partial charge in [-0.15, -0.1) is 0 Å². The van der Waals surface area contributed by atoms with E-state index in [4.69, 9.17) is 0 Å². The monoisotopic (exact) mass is 408 g/mol. The van der Waals surface area contributed by atoms with Gasteiger partial charge in [0, 0.05) is 12.8 Å². The van der Waals surface area contributed by atoms with Gasteiger partial charge in [0.25, 0.3) is 0 Å². The molecule has 4 heteroatoms. The van der Waals surface area contributed by atoms with Crippen LogP contribution in [0.1, 0.15) is 110 Å². The number of aliphatic hydroxyl groups excluding tert-OH is 2. The summed E-state index contributed by atoms with van der Waals surface area (Å²) in [4.78, 5) is 11.5. The summed E-state index contributed by atoms with van der Waals surface area (Å²) in [5.74, 6) is -0.201. The van der Waals surface area contributed by atoms with Crippen LogP contribution in [-0.4, -0.2) is 38.9 Å². The molecular formula is C25H44O4. The highest BCUT2D eigenvalue weighted by Gasteiger charge is 2.40. The average Bonchev–Trinajstić information content (AvgIpc) is 2.68. The molecule has 0 spiro atoms. The van der Waals surface area contributed by atoms with Gasteiger partial charge in [-0.05, 0) is 37.8 Å². The van der Waals surface area contributed by atoms with Crippen molar-refractivity contribution in [1.82, 2.24) is 0 Å². The molecule has 0 radical (unpaired) electrons. The zero-order valence-electron chi connectivity index (χ0n) is 18.5. The minimum atomic E-state index is -1.52. The van der Waals surface area contributed by atoms with E-state index in [1.807, 2.05) is 0 Å². The summed E-state index contributed by atoms with van der Waals surface area (Å²) < 4.78 is 0. The van der Waals surface area contributed by atoms with Crippen LogP contribution in [0.5, 0.6) is 0 Å². The molecule has 0 aromatic rings. The number of ketones is 1. The van der Waals surface area contributed by atoms with Crippen LogP contribution in [0.15, 0.2) is 24.3 Å². The lowest BCUT2D eigenvalue weighted by atomic mass is 9.81. The first-order valence-corrected chi connectivity index (χ1v) is 11.9. The van der Waals surface area contributed by atoms with Gasteiger partial charge < -0.3 is 15.3 Å². The minimum absolute atomic E-state index is 0.0536. The average molecular weight is 409 g/mol. The second-order valence-electron chi connectivity index (χ2n) is 8.78. The molecule has 1 aliphatic carbocycles. The lowest BCUT2D eigenvalue weighted by molar-refractivity contribution is -0.131. The fourth-order valence-corrected chi connectivity index (χ4v) is 3.98. The van der Waals surface area contributed by atoms with Crippen LogP contribution in [-0.2, 0) is 4.79 Å². The molecule has 0 fully saturated rings. The second-order valence-corrected chi connectivity index (χ2v) is 8.78. The fourth-order valence-electron chi connectivity index (χ4n) is 3.98. The third-order valence-corrected chi connectivity index (χ3v) is 5.88. The SMILES string of the molecule is CCCC/C=C\CCCCCCCCCCC[C@H](O)C[C@]1(O)CC(=O)C=C[C@H]1O. The fraction of sp³-hybridized carbons (Fsp3) is 0.800. The van der Waals surface area contributed by atoms with Crippen LogP contribution in [0.3, 0.4) is 0 Å². The molecule has 4 nitrogen and oxygen atoms in total. The molecule has 3 N–H and O–H groups in total. The van der Waals surface area contributed by atoms with Crippen molar-refractivity contribution in [3.63, 3.8) is 0 Å². The van der Waals surface area contributed by atoms with Crippen molar-refractivity contribution < 1.29 is 20.1 Å². The van der Waals surface area contributed by atoms with Crippen LogP contribution in [0, 0.1) is 0 Å². The highest BCUT2D eigenvalue weighted by molar-refractivity contribution is 5.91. The Labute approximate surface area is 178 Å². The summed E-state index contributed by atoms with van der Waals surface area (Å²) in [7, 11) is 0. The molecule has 168 valence electrons. The van der Waals surface area contributed by atoms with Crippen molar-refractivity contribution in [3.8, 4) is 0 Å². The normalized spacial score (nSPS) is 23.2. The predicted octanol–water partition coefficient (Wildman–Crippen LogP) is 5.40. The number of hydrogen-bond acceptors (Lipinski definition) is 4. The van der Waals surface area contributed by atoms with E-state index < -0.39 is 17.8 Å². The van der Waals surface area contributed by atoms with Gasteiger partial charge in [-0.3, -0.25) is 4.79 Å². The van der Waals surface area contributed by atoms with Gasteiger partial charge in [0.05, 0.1) is 6.10 Å². The molecule has 0 bridgehead atoms. The highest BCUT2D eigenvalue weighted by Crippen LogP contribution is 2.28. The molecule has 0 unspecified atom stereocenters. The van der Waals surface area contributed by atoms with Crippen LogP contribution in [0.2, 0.25) is 0 Å². The Bertz CT molecular complexity index is 485. The smallest absolute Gasteiger partial charge is 0.158 e. The summed E-state index contributed by atoms with van der Waals surface area (Å²) in [5, 5.41) is 30.5. The summed E-state index contributed by atoms with van der Waals surface area (Å²) in [6.07, 6.45) is 22.1. The lowest BCUT2D eigenvalue weighted by Crippen LogP contribution is -2.47. The van der Waals surface area contributed by atoms with Crippen LogP contribution in [0.25, 0.3) is 0 Å². The van der Waals surface area contributed by atoms with Gasteiger partial charge >= 0.3 is 0 Å². The molecule has 1 rings (SSSR count). The maximum atomic E-state index is 11.5. The van der Waals surface area contributed by atoms with E-state index in [0.29, 0.717) is 6.42 Å². The number of unbranched alkanes of at least 4 members (excludes halogenated alkanes) is 11. The van der Waals surface area contributed by atoms with E-state index in [-0.39, 0.29) is 18.6 Å². The number of carbonyl (C=O) groups excluding carboxylic acids is 1. The highest BCUT2D eigenvalue weighted by atomic mass is 16.3. The topological polar surface area (TPSA) is 77.8 Å². The summed E-state index contributed by atoms with van der Waals surface area (Å²) in [5.41, 5.74) is -1.52. The van der Waals surface area contributed by atoms with Gasteiger partial charge in [-0.1, -0.05) is 83.3 Å². The van der Waals surface area contributed by atoms with Crippen LogP contribution < -0.4 is 0 Å². The Morgan fingerprint density at radius 1 is 1.00 bits per heavy atom. The van der Waals surface area contributed by atoms with Crippen molar-refractivity contribution in [2.75, 3.05) is 0 Å². The van der Waals surface area contributed by atoms with E-state index in [1.165, 1.54) is 82.8 Å². The first-order valence-electron chi connectivity index (χ1n) is 11.9. The zero-order valence-corrected chi connectivity index (χ0v) is 18.5. The van der Waals surface area contributed by atoms with Crippen molar-refractivity contribution in [3.05, 3.63) is 24.3 Å². The van der Waals surface area contributed by atoms with E-state index in [2.05, 4.69) is 19.1 Å². The third kappa shape index (κ3) is 12.3. The van der Waals surface area contributed by atoms with E-state index in [0.717, 1.165) is 12.8 Å². The summed E-state index contributed by atoms with van der Waals surface area (Å²) >= 11 is 0. The molecule has 0 saturated carbocycles.